The highest BCUT2D eigenvalue weighted by molar-refractivity contribution is 5.79. The van der Waals surface area contributed by atoms with E-state index in [9.17, 15) is 0 Å². The number of benzene rings is 1. The molecule has 2 heterocycles. The van der Waals surface area contributed by atoms with E-state index in [1.165, 1.54) is 5.56 Å². The van der Waals surface area contributed by atoms with Gasteiger partial charge in [-0.15, -0.1) is 0 Å². The lowest BCUT2D eigenvalue weighted by atomic mass is 10.0. The van der Waals surface area contributed by atoms with Crippen molar-refractivity contribution in [3.05, 3.63) is 77.3 Å². The number of pyridine rings is 1. The van der Waals surface area contributed by atoms with Crippen LogP contribution in [0.3, 0.4) is 0 Å². The van der Waals surface area contributed by atoms with Gasteiger partial charge in [-0.25, -0.2) is 4.98 Å². The molecular formula is C21H23N5O. The summed E-state index contributed by atoms with van der Waals surface area (Å²) < 4.78 is 5.43. The second kappa shape index (κ2) is 8.80. The second-order valence-electron chi connectivity index (χ2n) is 6.16. The molecule has 3 rings (SSSR count). The molecule has 138 valence electrons. The van der Waals surface area contributed by atoms with Crippen molar-refractivity contribution in [2.75, 3.05) is 12.3 Å². The average molecular weight is 361 g/mol. The number of nitrogens with zero attached hydrogens (tertiary/aromatic N) is 3. The quantitative estimate of drug-likeness (QED) is 0.628. The fourth-order valence-corrected chi connectivity index (χ4v) is 2.72. The van der Waals surface area contributed by atoms with E-state index < -0.39 is 0 Å². The molecule has 0 saturated carbocycles. The maximum absolute atomic E-state index is 5.89. The fourth-order valence-electron chi connectivity index (χ4n) is 2.72. The maximum Gasteiger partial charge on any atom is 0.170 e. The van der Waals surface area contributed by atoms with Crippen LogP contribution in [0.4, 0.5) is 5.82 Å². The SMILES string of the molecule is CCN=CC(=CN)Cc1ccc(Cc2cc(-c3cccnc3N)on2)cc1. The topological polar surface area (TPSA) is 103 Å². The summed E-state index contributed by atoms with van der Waals surface area (Å²) in [6.07, 6.45) is 6.52. The van der Waals surface area contributed by atoms with Gasteiger partial charge < -0.3 is 16.0 Å². The van der Waals surface area contributed by atoms with E-state index >= 15 is 0 Å². The third-order valence-corrected chi connectivity index (χ3v) is 4.13. The Balaban J connectivity index is 1.67. The van der Waals surface area contributed by atoms with Gasteiger partial charge in [-0.2, -0.15) is 0 Å². The van der Waals surface area contributed by atoms with Gasteiger partial charge >= 0.3 is 0 Å². The number of hydrogen-bond acceptors (Lipinski definition) is 6. The van der Waals surface area contributed by atoms with Crippen LogP contribution in [0.15, 0.2) is 69.9 Å². The minimum atomic E-state index is 0.430. The fraction of sp³-hybridized carbons (Fsp3) is 0.190. The molecule has 3 aromatic rings. The molecule has 4 N–H and O–H groups in total. The Bertz CT molecular complexity index is 941. The first kappa shape index (κ1) is 18.4. The summed E-state index contributed by atoms with van der Waals surface area (Å²) >= 11 is 0. The van der Waals surface area contributed by atoms with Crippen LogP contribution >= 0.6 is 0 Å². The van der Waals surface area contributed by atoms with Crippen LogP contribution in [0.2, 0.25) is 0 Å². The molecule has 0 amide bonds. The summed E-state index contributed by atoms with van der Waals surface area (Å²) in [5.74, 6) is 1.06. The number of nitrogens with two attached hydrogens (primary N) is 2. The van der Waals surface area contributed by atoms with Crippen molar-refractivity contribution >= 4 is 12.0 Å². The molecule has 0 unspecified atom stereocenters. The number of anilines is 1. The zero-order chi connectivity index (χ0) is 19.1. The van der Waals surface area contributed by atoms with Gasteiger partial charge in [0.2, 0.25) is 0 Å². The number of nitrogen functional groups attached to an aromatic ring is 1. The normalized spacial score (nSPS) is 12.0. The van der Waals surface area contributed by atoms with Gasteiger partial charge in [0.15, 0.2) is 5.76 Å². The first-order valence-electron chi connectivity index (χ1n) is 8.84. The molecule has 0 aliphatic carbocycles. The molecule has 2 aromatic heterocycles. The molecule has 0 spiro atoms. The monoisotopic (exact) mass is 361 g/mol. The van der Waals surface area contributed by atoms with Crippen LogP contribution in [0, 0.1) is 0 Å². The van der Waals surface area contributed by atoms with Crippen LogP contribution in [0.5, 0.6) is 0 Å². The smallest absolute Gasteiger partial charge is 0.170 e. The van der Waals surface area contributed by atoms with Gasteiger partial charge in [0.1, 0.15) is 5.82 Å². The summed E-state index contributed by atoms with van der Waals surface area (Å²) in [4.78, 5) is 8.32. The number of hydrogen-bond donors (Lipinski definition) is 2. The Labute approximate surface area is 158 Å². The number of aromatic nitrogens is 2. The summed E-state index contributed by atoms with van der Waals surface area (Å²) in [6.45, 7) is 2.75. The van der Waals surface area contributed by atoms with Gasteiger partial charge in [0, 0.05) is 37.9 Å². The highest BCUT2D eigenvalue weighted by atomic mass is 16.5. The third-order valence-electron chi connectivity index (χ3n) is 4.13. The Hall–Kier alpha value is -3.41. The summed E-state index contributed by atoms with van der Waals surface area (Å²) in [6, 6.07) is 14.0. The first-order chi connectivity index (χ1) is 13.2. The lowest BCUT2D eigenvalue weighted by Crippen LogP contribution is -1.97. The Morgan fingerprint density at radius 3 is 2.67 bits per heavy atom. The number of rotatable bonds is 7. The maximum atomic E-state index is 5.89. The molecule has 27 heavy (non-hydrogen) atoms. The minimum Gasteiger partial charge on any atom is -0.404 e. The molecule has 0 bridgehead atoms. The van der Waals surface area contributed by atoms with E-state index in [4.69, 9.17) is 16.0 Å². The number of aliphatic imine (C=N–C) groups is 1. The van der Waals surface area contributed by atoms with Crippen LogP contribution < -0.4 is 11.5 Å². The summed E-state index contributed by atoms with van der Waals surface area (Å²) in [5.41, 5.74) is 16.5. The third kappa shape index (κ3) is 4.82. The highest BCUT2D eigenvalue weighted by Crippen LogP contribution is 2.25. The van der Waals surface area contributed by atoms with Gasteiger partial charge in [0.05, 0.1) is 11.3 Å². The van der Waals surface area contributed by atoms with Crippen molar-refractivity contribution in [3.8, 4) is 11.3 Å². The molecule has 1 aromatic carbocycles. The summed E-state index contributed by atoms with van der Waals surface area (Å²) in [7, 11) is 0. The molecule has 0 aliphatic rings. The second-order valence-corrected chi connectivity index (χ2v) is 6.16. The van der Waals surface area contributed by atoms with Crippen LogP contribution in [-0.4, -0.2) is 22.9 Å². The van der Waals surface area contributed by atoms with E-state index in [-0.39, 0.29) is 0 Å². The standard InChI is InChI=1S/C21H23N5O/c1-2-24-14-17(13-22)10-15-5-7-16(8-6-15)11-18-12-20(27-26-18)19-4-3-9-25-21(19)23/h3-9,12-14H,2,10-11,22H2,1H3,(H2,23,25). The van der Waals surface area contributed by atoms with Crippen LogP contribution in [-0.2, 0) is 12.8 Å². The zero-order valence-electron chi connectivity index (χ0n) is 15.3. The van der Waals surface area contributed by atoms with Crippen molar-refractivity contribution in [2.45, 2.75) is 19.8 Å². The highest BCUT2D eigenvalue weighted by Gasteiger charge is 2.10. The van der Waals surface area contributed by atoms with Gasteiger partial charge in [0.25, 0.3) is 0 Å². The lowest BCUT2D eigenvalue weighted by Gasteiger charge is -2.04. The van der Waals surface area contributed by atoms with E-state index in [0.717, 1.165) is 35.4 Å². The van der Waals surface area contributed by atoms with Gasteiger partial charge in [-0.3, -0.25) is 4.99 Å². The van der Waals surface area contributed by atoms with Crippen molar-refractivity contribution in [2.24, 2.45) is 10.7 Å². The Kier molecular flexibility index (Phi) is 5.99. The van der Waals surface area contributed by atoms with E-state index in [2.05, 4.69) is 39.4 Å². The molecular weight excluding hydrogens is 338 g/mol. The van der Waals surface area contributed by atoms with Crippen molar-refractivity contribution in [1.82, 2.24) is 10.1 Å². The van der Waals surface area contributed by atoms with Gasteiger partial charge in [-0.1, -0.05) is 29.4 Å². The van der Waals surface area contributed by atoms with Crippen LogP contribution in [0.25, 0.3) is 11.3 Å². The largest absolute Gasteiger partial charge is 0.404 e. The predicted molar refractivity (Wildman–Crippen MR) is 108 cm³/mol. The van der Waals surface area contributed by atoms with Crippen LogP contribution in [0.1, 0.15) is 23.7 Å². The van der Waals surface area contributed by atoms with E-state index in [1.54, 1.807) is 12.4 Å². The molecule has 0 atom stereocenters. The Morgan fingerprint density at radius 2 is 1.96 bits per heavy atom. The minimum absolute atomic E-state index is 0.430. The first-order valence-corrected chi connectivity index (χ1v) is 8.84. The Morgan fingerprint density at radius 1 is 1.19 bits per heavy atom. The van der Waals surface area contributed by atoms with Crippen molar-refractivity contribution in [1.29, 1.82) is 0 Å². The average Bonchev–Trinajstić information content (AvgIpc) is 3.15. The number of allylic oxidation sites excluding steroid dienone is 1. The lowest BCUT2D eigenvalue weighted by molar-refractivity contribution is 0.425. The van der Waals surface area contributed by atoms with E-state index in [0.29, 0.717) is 18.0 Å². The van der Waals surface area contributed by atoms with Gasteiger partial charge in [-0.05, 0) is 42.0 Å². The molecule has 0 radical (unpaired) electrons. The van der Waals surface area contributed by atoms with E-state index in [1.807, 2.05) is 31.3 Å². The van der Waals surface area contributed by atoms with Crippen molar-refractivity contribution < 1.29 is 4.52 Å². The molecule has 6 heteroatoms. The van der Waals surface area contributed by atoms with Crippen molar-refractivity contribution in [3.63, 3.8) is 0 Å². The molecule has 6 nitrogen and oxygen atoms in total. The molecule has 0 aliphatic heterocycles. The molecule has 0 fully saturated rings. The molecule has 0 saturated heterocycles. The zero-order valence-corrected chi connectivity index (χ0v) is 15.3. The summed E-state index contributed by atoms with van der Waals surface area (Å²) in [5, 5.41) is 4.15. The predicted octanol–water partition coefficient (Wildman–Crippen LogP) is 3.39.